The van der Waals surface area contributed by atoms with Crippen LogP contribution in [0.25, 0.3) is 0 Å². The van der Waals surface area contributed by atoms with Gasteiger partial charge in [0.1, 0.15) is 0 Å². The number of hydrogen-bond acceptors (Lipinski definition) is 3. The van der Waals surface area contributed by atoms with Crippen LogP contribution in [0.4, 0.5) is 8.78 Å². The molecule has 3 nitrogen and oxygen atoms in total. The number of aliphatic hydroxyl groups excluding tert-OH is 1. The molecule has 0 saturated carbocycles. The zero-order chi connectivity index (χ0) is 15.4. The Morgan fingerprint density at radius 3 is 2.67 bits per heavy atom. The Labute approximate surface area is 127 Å². The Balaban J connectivity index is 2.05. The highest BCUT2D eigenvalue weighted by molar-refractivity contribution is 7.99. The molecule has 1 N–H and O–H groups in total. The molecule has 2 unspecified atom stereocenters. The number of rotatable bonds is 5. The molecule has 21 heavy (non-hydrogen) atoms. The van der Waals surface area contributed by atoms with Gasteiger partial charge in [-0.1, -0.05) is 11.8 Å². The minimum absolute atomic E-state index is 0.0626. The van der Waals surface area contributed by atoms with Gasteiger partial charge in [-0.25, -0.2) is 0 Å². The van der Waals surface area contributed by atoms with E-state index in [-0.39, 0.29) is 11.9 Å². The second-order valence-corrected chi connectivity index (χ2v) is 6.35. The van der Waals surface area contributed by atoms with E-state index in [1.165, 1.54) is 0 Å². The first-order valence-electron chi connectivity index (χ1n) is 7.01. The number of hydrogen-bond donors (Lipinski definition) is 1. The first-order valence-corrected chi connectivity index (χ1v) is 7.89. The summed E-state index contributed by atoms with van der Waals surface area (Å²) < 4.78 is 24.5. The summed E-state index contributed by atoms with van der Waals surface area (Å²) >= 11 is 0.469. The highest BCUT2D eigenvalue weighted by atomic mass is 32.2. The molecule has 1 saturated heterocycles. The second kappa shape index (κ2) is 7.22. The number of thioether (sulfide) groups is 1. The van der Waals surface area contributed by atoms with Crippen LogP contribution in [0.15, 0.2) is 29.2 Å². The van der Waals surface area contributed by atoms with E-state index in [0.29, 0.717) is 35.2 Å². The zero-order valence-corrected chi connectivity index (χ0v) is 12.7. The van der Waals surface area contributed by atoms with Gasteiger partial charge in [0.15, 0.2) is 0 Å². The molecule has 1 heterocycles. The SMILES string of the molecule is CC(O)CC1CCCN1C(=O)c1ccc(SC(F)F)cc1. The van der Waals surface area contributed by atoms with Crippen molar-refractivity contribution >= 4 is 17.7 Å². The molecule has 6 heteroatoms. The van der Waals surface area contributed by atoms with Gasteiger partial charge in [0.2, 0.25) is 0 Å². The molecular formula is C15H19F2NO2S. The van der Waals surface area contributed by atoms with Crippen LogP contribution in [-0.2, 0) is 0 Å². The van der Waals surface area contributed by atoms with Gasteiger partial charge in [-0.15, -0.1) is 0 Å². The summed E-state index contributed by atoms with van der Waals surface area (Å²) in [5.41, 5.74) is 0.506. The van der Waals surface area contributed by atoms with Crippen LogP contribution in [0.3, 0.4) is 0 Å². The van der Waals surface area contributed by atoms with E-state index >= 15 is 0 Å². The fourth-order valence-electron chi connectivity index (χ4n) is 2.69. The summed E-state index contributed by atoms with van der Waals surface area (Å²) in [6.45, 7) is 2.40. The van der Waals surface area contributed by atoms with Crippen LogP contribution < -0.4 is 0 Å². The molecule has 1 aromatic carbocycles. The van der Waals surface area contributed by atoms with Gasteiger partial charge < -0.3 is 10.0 Å². The summed E-state index contributed by atoms with van der Waals surface area (Å²) in [4.78, 5) is 14.7. The highest BCUT2D eigenvalue weighted by Crippen LogP contribution is 2.27. The summed E-state index contributed by atoms with van der Waals surface area (Å²) in [6.07, 6.45) is 1.97. The maximum absolute atomic E-state index is 12.5. The summed E-state index contributed by atoms with van der Waals surface area (Å²) in [5.74, 6) is -2.55. The van der Waals surface area contributed by atoms with E-state index < -0.39 is 11.9 Å². The molecule has 1 aliphatic rings. The van der Waals surface area contributed by atoms with Crippen LogP contribution in [0.1, 0.15) is 36.5 Å². The molecule has 0 aliphatic carbocycles. The third-order valence-corrected chi connectivity index (χ3v) is 4.30. The Morgan fingerprint density at radius 2 is 2.10 bits per heavy atom. The van der Waals surface area contributed by atoms with E-state index in [1.807, 2.05) is 0 Å². The molecule has 0 spiro atoms. The number of likely N-dealkylation sites (tertiary alicyclic amines) is 1. The quantitative estimate of drug-likeness (QED) is 0.847. The van der Waals surface area contributed by atoms with E-state index in [2.05, 4.69) is 0 Å². The van der Waals surface area contributed by atoms with Gasteiger partial charge in [-0.05, 0) is 50.5 Å². The topological polar surface area (TPSA) is 40.5 Å². The number of carbonyl (C=O) groups excluding carboxylic acids is 1. The lowest BCUT2D eigenvalue weighted by Gasteiger charge is -2.25. The van der Waals surface area contributed by atoms with Gasteiger partial charge in [0.05, 0.1) is 6.10 Å². The fourth-order valence-corrected chi connectivity index (χ4v) is 3.19. The third kappa shape index (κ3) is 4.41. The van der Waals surface area contributed by atoms with Gasteiger partial charge in [-0.2, -0.15) is 8.78 Å². The molecule has 1 amide bonds. The van der Waals surface area contributed by atoms with Crippen LogP contribution in [0.5, 0.6) is 0 Å². The van der Waals surface area contributed by atoms with Gasteiger partial charge in [0.25, 0.3) is 11.7 Å². The normalized spacial score (nSPS) is 20.0. The molecule has 1 fully saturated rings. The number of amides is 1. The van der Waals surface area contributed by atoms with E-state index in [0.717, 1.165) is 12.8 Å². The number of halogens is 2. The predicted octanol–water partition coefficient (Wildman–Crippen LogP) is 3.38. The Morgan fingerprint density at radius 1 is 1.43 bits per heavy atom. The smallest absolute Gasteiger partial charge is 0.288 e. The molecule has 2 atom stereocenters. The van der Waals surface area contributed by atoms with Crippen molar-refractivity contribution in [2.75, 3.05) is 6.54 Å². The largest absolute Gasteiger partial charge is 0.393 e. The molecule has 1 aliphatic heterocycles. The van der Waals surface area contributed by atoms with Gasteiger partial charge in [-0.3, -0.25) is 4.79 Å². The van der Waals surface area contributed by atoms with Crippen LogP contribution in [0, 0.1) is 0 Å². The van der Waals surface area contributed by atoms with Crippen molar-refractivity contribution in [3.63, 3.8) is 0 Å². The van der Waals surface area contributed by atoms with E-state index in [1.54, 1.807) is 36.1 Å². The van der Waals surface area contributed by atoms with Crippen LogP contribution >= 0.6 is 11.8 Å². The van der Waals surface area contributed by atoms with Crippen LogP contribution in [-0.4, -0.2) is 40.4 Å². The maximum Gasteiger partial charge on any atom is 0.288 e. The van der Waals surface area contributed by atoms with Crippen molar-refractivity contribution < 1.29 is 18.7 Å². The van der Waals surface area contributed by atoms with E-state index in [4.69, 9.17) is 0 Å². The molecule has 0 radical (unpaired) electrons. The van der Waals surface area contributed by atoms with Gasteiger partial charge in [0, 0.05) is 23.0 Å². The minimum Gasteiger partial charge on any atom is -0.393 e. The third-order valence-electron chi connectivity index (χ3n) is 3.58. The number of alkyl halides is 2. The highest BCUT2D eigenvalue weighted by Gasteiger charge is 2.30. The molecule has 1 aromatic rings. The number of carbonyl (C=O) groups is 1. The van der Waals surface area contributed by atoms with Crippen LogP contribution in [0.2, 0.25) is 0 Å². The molecule has 0 bridgehead atoms. The average Bonchev–Trinajstić information content (AvgIpc) is 2.85. The monoisotopic (exact) mass is 315 g/mol. The Kier molecular flexibility index (Phi) is 5.58. The van der Waals surface area contributed by atoms with Crippen molar-refractivity contribution in [1.29, 1.82) is 0 Å². The molecular weight excluding hydrogens is 296 g/mol. The molecule has 116 valence electrons. The lowest BCUT2D eigenvalue weighted by molar-refractivity contribution is 0.0682. The number of nitrogens with zero attached hydrogens (tertiary/aromatic N) is 1. The standard InChI is InChI=1S/C15H19F2NO2S/c1-10(19)9-12-3-2-8-18(12)14(20)11-4-6-13(7-5-11)21-15(16)17/h4-7,10,12,15,19H,2-3,8-9H2,1H3. The minimum atomic E-state index is -2.46. The van der Waals surface area contributed by atoms with E-state index in [9.17, 15) is 18.7 Å². The average molecular weight is 315 g/mol. The van der Waals surface area contributed by atoms with Crippen molar-refractivity contribution in [3.8, 4) is 0 Å². The predicted molar refractivity (Wildman–Crippen MR) is 78.7 cm³/mol. The zero-order valence-electron chi connectivity index (χ0n) is 11.8. The first-order chi connectivity index (χ1) is 9.97. The summed E-state index contributed by atoms with van der Waals surface area (Å²) in [6, 6.07) is 6.33. The van der Waals surface area contributed by atoms with Crippen molar-refractivity contribution in [2.45, 2.75) is 49.0 Å². The summed E-state index contributed by atoms with van der Waals surface area (Å²) in [5, 5.41) is 9.49. The maximum atomic E-state index is 12.5. The first kappa shape index (κ1) is 16.2. The lowest BCUT2D eigenvalue weighted by atomic mass is 10.1. The van der Waals surface area contributed by atoms with Crippen molar-refractivity contribution in [3.05, 3.63) is 29.8 Å². The van der Waals surface area contributed by atoms with Crippen molar-refractivity contribution in [1.82, 2.24) is 4.90 Å². The molecule has 2 rings (SSSR count). The Hall–Kier alpha value is -1.14. The second-order valence-electron chi connectivity index (χ2n) is 5.28. The summed E-state index contributed by atoms with van der Waals surface area (Å²) in [7, 11) is 0. The Bertz CT molecular complexity index is 479. The van der Waals surface area contributed by atoms with Crippen molar-refractivity contribution in [2.24, 2.45) is 0 Å². The van der Waals surface area contributed by atoms with Gasteiger partial charge >= 0.3 is 0 Å². The lowest BCUT2D eigenvalue weighted by Crippen LogP contribution is -2.37. The number of aliphatic hydroxyl groups is 1. The number of benzene rings is 1. The fraction of sp³-hybridized carbons (Fsp3) is 0.533. The molecule has 0 aromatic heterocycles.